The quantitative estimate of drug-likeness (QED) is 0.661. The Balaban J connectivity index is 2.36. The predicted octanol–water partition coefficient (Wildman–Crippen LogP) is 2.40. The van der Waals surface area contributed by atoms with Crippen LogP contribution in [0.2, 0.25) is 0 Å². The molecule has 0 aliphatic carbocycles. The van der Waals surface area contributed by atoms with Crippen LogP contribution in [-0.4, -0.2) is 39.0 Å². The number of nitrogens with zero attached hydrogens (tertiary/aromatic N) is 3. The molecule has 21 heavy (non-hydrogen) atoms. The number of aromatic hydroxyl groups is 1. The third-order valence-corrected chi connectivity index (χ3v) is 4.17. The van der Waals surface area contributed by atoms with Crippen molar-refractivity contribution in [2.24, 2.45) is 5.10 Å². The minimum Gasteiger partial charge on any atom is -0.494 e. The van der Waals surface area contributed by atoms with E-state index in [0.717, 1.165) is 32.4 Å². The molecule has 0 bridgehead atoms. The van der Waals surface area contributed by atoms with Crippen LogP contribution in [0.3, 0.4) is 0 Å². The van der Waals surface area contributed by atoms with Gasteiger partial charge in [-0.25, -0.2) is 0 Å². The maximum absolute atomic E-state index is 12.0. The van der Waals surface area contributed by atoms with Crippen molar-refractivity contribution in [3.05, 3.63) is 20.7 Å². The Morgan fingerprint density at radius 1 is 1.43 bits per heavy atom. The molecule has 6 nitrogen and oxygen atoms in total. The number of hydrazone groups is 1. The van der Waals surface area contributed by atoms with E-state index in [1.807, 2.05) is 18.9 Å². The van der Waals surface area contributed by atoms with E-state index in [2.05, 4.69) is 10.1 Å². The summed E-state index contributed by atoms with van der Waals surface area (Å²) in [6.45, 7) is 5.72. The first-order chi connectivity index (χ1) is 10.0. The third-order valence-electron chi connectivity index (χ3n) is 3.87. The van der Waals surface area contributed by atoms with Crippen molar-refractivity contribution in [2.45, 2.75) is 45.6 Å². The Bertz CT molecular complexity index is 629. The van der Waals surface area contributed by atoms with Crippen LogP contribution >= 0.6 is 12.2 Å². The first kappa shape index (κ1) is 15.8. The van der Waals surface area contributed by atoms with Crippen LogP contribution in [0.15, 0.2) is 9.90 Å². The van der Waals surface area contributed by atoms with Gasteiger partial charge in [-0.1, -0.05) is 6.92 Å². The van der Waals surface area contributed by atoms with Crippen LogP contribution in [-0.2, 0) is 0 Å². The van der Waals surface area contributed by atoms with E-state index < -0.39 is 5.56 Å². The van der Waals surface area contributed by atoms with Gasteiger partial charge in [0, 0.05) is 19.1 Å². The average Bonchev–Trinajstić information content (AvgIpc) is 2.47. The highest BCUT2D eigenvalue weighted by molar-refractivity contribution is 7.71. The molecule has 1 fully saturated rings. The van der Waals surface area contributed by atoms with Crippen LogP contribution in [0.1, 0.15) is 51.1 Å². The summed E-state index contributed by atoms with van der Waals surface area (Å²) in [5, 5.41) is 16.6. The molecule has 1 aromatic heterocycles. The lowest BCUT2D eigenvalue weighted by atomic mass is 10.2. The Morgan fingerprint density at radius 2 is 2.10 bits per heavy atom. The summed E-state index contributed by atoms with van der Waals surface area (Å²) in [6.07, 6.45) is 5.68. The van der Waals surface area contributed by atoms with Crippen molar-refractivity contribution in [3.63, 3.8) is 0 Å². The van der Waals surface area contributed by atoms with E-state index >= 15 is 0 Å². The minimum atomic E-state index is -0.405. The number of aromatic amines is 1. The SMILES string of the molecule is CCC(C)n1c(O)c(/C=N/N2CCCCC2)c(=O)[nH]c1=S. The number of rotatable bonds is 4. The van der Waals surface area contributed by atoms with E-state index in [0.29, 0.717) is 0 Å². The zero-order chi connectivity index (χ0) is 15.4. The third kappa shape index (κ3) is 3.53. The molecule has 1 aromatic rings. The van der Waals surface area contributed by atoms with Gasteiger partial charge in [-0.2, -0.15) is 5.10 Å². The van der Waals surface area contributed by atoms with Crippen molar-refractivity contribution in [1.29, 1.82) is 0 Å². The summed E-state index contributed by atoms with van der Waals surface area (Å²) >= 11 is 5.13. The van der Waals surface area contributed by atoms with E-state index in [-0.39, 0.29) is 22.3 Å². The molecule has 0 saturated carbocycles. The van der Waals surface area contributed by atoms with Gasteiger partial charge in [0.25, 0.3) is 5.56 Å². The summed E-state index contributed by atoms with van der Waals surface area (Å²) in [7, 11) is 0. The summed E-state index contributed by atoms with van der Waals surface area (Å²) in [6, 6.07) is 0.0106. The molecule has 1 aliphatic heterocycles. The maximum Gasteiger partial charge on any atom is 0.264 e. The van der Waals surface area contributed by atoms with Gasteiger partial charge in [-0.05, 0) is 44.8 Å². The molecule has 1 unspecified atom stereocenters. The average molecular weight is 310 g/mol. The number of hydrogen-bond acceptors (Lipinski definition) is 5. The summed E-state index contributed by atoms with van der Waals surface area (Å²) in [5.74, 6) is -0.112. The van der Waals surface area contributed by atoms with Gasteiger partial charge in [-0.15, -0.1) is 0 Å². The molecule has 1 aliphatic rings. The Labute approximate surface area is 129 Å². The first-order valence-electron chi connectivity index (χ1n) is 7.41. The Morgan fingerprint density at radius 3 is 2.71 bits per heavy atom. The van der Waals surface area contributed by atoms with Crippen molar-refractivity contribution in [2.75, 3.05) is 13.1 Å². The van der Waals surface area contributed by atoms with Crippen LogP contribution in [0.4, 0.5) is 0 Å². The number of H-pyrrole nitrogens is 1. The van der Waals surface area contributed by atoms with Crippen LogP contribution in [0.5, 0.6) is 5.88 Å². The van der Waals surface area contributed by atoms with Gasteiger partial charge < -0.3 is 5.11 Å². The van der Waals surface area contributed by atoms with Crippen molar-refractivity contribution in [3.8, 4) is 5.88 Å². The van der Waals surface area contributed by atoms with Gasteiger partial charge in [0.1, 0.15) is 5.56 Å². The van der Waals surface area contributed by atoms with Crippen LogP contribution in [0, 0.1) is 4.77 Å². The van der Waals surface area contributed by atoms with E-state index in [9.17, 15) is 9.90 Å². The molecule has 0 amide bonds. The molecule has 2 rings (SSSR count). The fourth-order valence-electron chi connectivity index (χ4n) is 2.39. The highest BCUT2D eigenvalue weighted by atomic mass is 32.1. The molecule has 116 valence electrons. The van der Waals surface area contributed by atoms with Crippen LogP contribution in [0.25, 0.3) is 0 Å². The van der Waals surface area contributed by atoms with E-state index in [1.165, 1.54) is 12.6 Å². The molecule has 1 saturated heterocycles. The van der Waals surface area contributed by atoms with Crippen molar-refractivity contribution >= 4 is 18.4 Å². The Kier molecular flexibility index (Phi) is 5.17. The smallest absolute Gasteiger partial charge is 0.264 e. The number of piperidine rings is 1. The highest BCUT2D eigenvalue weighted by Gasteiger charge is 2.15. The Hall–Kier alpha value is -1.63. The van der Waals surface area contributed by atoms with Crippen molar-refractivity contribution in [1.82, 2.24) is 14.6 Å². The van der Waals surface area contributed by atoms with Gasteiger partial charge in [0.2, 0.25) is 5.88 Å². The van der Waals surface area contributed by atoms with Gasteiger partial charge in [0.15, 0.2) is 4.77 Å². The fraction of sp³-hybridized carbons (Fsp3) is 0.643. The minimum absolute atomic E-state index is 0.0106. The fourth-order valence-corrected chi connectivity index (χ4v) is 2.75. The van der Waals surface area contributed by atoms with Gasteiger partial charge in [0.05, 0.1) is 6.21 Å². The molecule has 0 spiro atoms. The molecule has 0 aromatic carbocycles. The summed E-state index contributed by atoms with van der Waals surface area (Å²) in [5.41, 5.74) is -0.243. The molecule has 0 radical (unpaired) electrons. The molecular weight excluding hydrogens is 288 g/mol. The summed E-state index contributed by atoms with van der Waals surface area (Å²) in [4.78, 5) is 14.6. The summed E-state index contributed by atoms with van der Waals surface area (Å²) < 4.78 is 1.80. The van der Waals surface area contributed by atoms with Gasteiger partial charge >= 0.3 is 0 Å². The predicted molar refractivity (Wildman–Crippen MR) is 85.6 cm³/mol. The van der Waals surface area contributed by atoms with E-state index in [4.69, 9.17) is 12.2 Å². The van der Waals surface area contributed by atoms with Crippen molar-refractivity contribution < 1.29 is 5.11 Å². The largest absolute Gasteiger partial charge is 0.494 e. The number of hydrogen-bond donors (Lipinski definition) is 2. The van der Waals surface area contributed by atoms with Gasteiger partial charge in [-0.3, -0.25) is 19.4 Å². The zero-order valence-electron chi connectivity index (χ0n) is 12.5. The number of nitrogens with one attached hydrogen (secondary N) is 1. The lowest BCUT2D eigenvalue weighted by molar-refractivity contribution is 0.240. The maximum atomic E-state index is 12.0. The monoisotopic (exact) mass is 310 g/mol. The standard InChI is InChI=1S/C14H22N4O2S/c1-3-10(2)18-13(20)11(12(19)16-14(18)21)9-15-17-7-5-4-6-8-17/h9-10,20H,3-8H2,1-2H3,(H,16,19,21)/b15-9+. The van der Waals surface area contributed by atoms with E-state index in [1.54, 1.807) is 4.57 Å². The molecule has 7 heteroatoms. The lowest BCUT2D eigenvalue weighted by Gasteiger charge is -2.23. The molecular formula is C14H22N4O2S. The zero-order valence-corrected chi connectivity index (χ0v) is 13.3. The lowest BCUT2D eigenvalue weighted by Crippen LogP contribution is -2.26. The normalized spacial score (nSPS) is 17.3. The van der Waals surface area contributed by atoms with Crippen LogP contribution < -0.4 is 5.56 Å². The second kappa shape index (κ2) is 6.89. The molecule has 2 heterocycles. The molecule has 1 atom stereocenters. The highest BCUT2D eigenvalue weighted by Crippen LogP contribution is 2.20. The molecule has 2 N–H and O–H groups in total. The second-order valence-corrected chi connectivity index (χ2v) is 5.77. The first-order valence-corrected chi connectivity index (χ1v) is 7.82. The topological polar surface area (TPSA) is 73.6 Å². The second-order valence-electron chi connectivity index (χ2n) is 5.38. The number of aromatic nitrogens is 2.